The first-order chi connectivity index (χ1) is 6.75. The number of aromatic nitrogens is 2. The molecule has 0 amide bonds. The lowest BCUT2D eigenvalue weighted by atomic mass is 10.2. The lowest BCUT2D eigenvalue weighted by Gasteiger charge is -2.04. The summed E-state index contributed by atoms with van der Waals surface area (Å²) >= 11 is 0. The maximum Gasteiger partial charge on any atom is 0.0825 e. The Balaban J connectivity index is 1.94. The zero-order valence-corrected chi connectivity index (χ0v) is 8.88. The average Bonchev–Trinajstić information content (AvgIpc) is 2.72. The summed E-state index contributed by atoms with van der Waals surface area (Å²) in [6.07, 6.45) is 8.21. The van der Waals surface area contributed by atoms with Crippen molar-refractivity contribution in [2.45, 2.75) is 26.2 Å². The van der Waals surface area contributed by atoms with Gasteiger partial charge in [-0.2, -0.15) is 5.10 Å². The molecule has 0 aliphatic heterocycles. The summed E-state index contributed by atoms with van der Waals surface area (Å²) in [4.78, 5) is 0. The monoisotopic (exact) mass is 191 g/mol. The molecule has 0 atom stereocenters. The highest BCUT2D eigenvalue weighted by Gasteiger charge is 2.06. The van der Waals surface area contributed by atoms with Crippen molar-refractivity contribution >= 4 is 5.69 Å². The van der Waals surface area contributed by atoms with E-state index < -0.39 is 0 Å². The molecule has 1 aliphatic rings. The van der Waals surface area contributed by atoms with Crippen molar-refractivity contribution in [1.82, 2.24) is 9.78 Å². The minimum Gasteiger partial charge on any atom is -0.379 e. The van der Waals surface area contributed by atoms with Crippen LogP contribution in [0.4, 0.5) is 5.69 Å². The Bertz CT molecular complexity index is 349. The Morgan fingerprint density at radius 1 is 1.57 bits per heavy atom. The molecule has 1 aromatic heterocycles. The molecule has 0 radical (unpaired) electrons. The SMILES string of the molecule is Cc1nn(C)cc1NCC1=CCCC1. The third-order valence-corrected chi connectivity index (χ3v) is 2.65. The van der Waals surface area contributed by atoms with E-state index in [1.807, 2.05) is 24.9 Å². The molecule has 3 nitrogen and oxygen atoms in total. The van der Waals surface area contributed by atoms with Crippen LogP contribution in [0.1, 0.15) is 25.0 Å². The summed E-state index contributed by atoms with van der Waals surface area (Å²) < 4.78 is 1.85. The maximum atomic E-state index is 4.29. The van der Waals surface area contributed by atoms with Gasteiger partial charge in [-0.1, -0.05) is 11.6 Å². The van der Waals surface area contributed by atoms with Gasteiger partial charge in [-0.25, -0.2) is 0 Å². The zero-order chi connectivity index (χ0) is 9.97. The van der Waals surface area contributed by atoms with Gasteiger partial charge in [0.05, 0.1) is 11.4 Å². The second-order valence-electron chi connectivity index (χ2n) is 3.91. The molecular weight excluding hydrogens is 174 g/mol. The van der Waals surface area contributed by atoms with E-state index >= 15 is 0 Å². The molecule has 76 valence electrons. The van der Waals surface area contributed by atoms with Gasteiger partial charge in [-0.05, 0) is 26.2 Å². The normalized spacial score (nSPS) is 15.7. The summed E-state index contributed by atoms with van der Waals surface area (Å²) in [6, 6.07) is 0. The highest BCUT2D eigenvalue weighted by molar-refractivity contribution is 5.46. The van der Waals surface area contributed by atoms with Crippen LogP contribution >= 0.6 is 0 Å². The van der Waals surface area contributed by atoms with Crippen molar-refractivity contribution in [3.63, 3.8) is 0 Å². The molecule has 0 fully saturated rings. The van der Waals surface area contributed by atoms with Crippen molar-refractivity contribution in [1.29, 1.82) is 0 Å². The van der Waals surface area contributed by atoms with Crippen LogP contribution in [0.25, 0.3) is 0 Å². The van der Waals surface area contributed by atoms with E-state index in [1.54, 1.807) is 0 Å². The smallest absolute Gasteiger partial charge is 0.0825 e. The first kappa shape index (κ1) is 9.31. The number of aryl methyl sites for hydroxylation is 2. The lowest BCUT2D eigenvalue weighted by molar-refractivity contribution is 0.756. The third kappa shape index (κ3) is 1.97. The Kier molecular flexibility index (Phi) is 2.57. The molecule has 1 aliphatic carbocycles. The van der Waals surface area contributed by atoms with Crippen molar-refractivity contribution in [3.8, 4) is 0 Å². The minimum absolute atomic E-state index is 0.979. The number of anilines is 1. The number of hydrogen-bond acceptors (Lipinski definition) is 2. The van der Waals surface area contributed by atoms with Gasteiger partial charge in [0.2, 0.25) is 0 Å². The minimum atomic E-state index is 0.979. The molecule has 0 saturated heterocycles. The highest BCUT2D eigenvalue weighted by atomic mass is 15.3. The van der Waals surface area contributed by atoms with Crippen LogP contribution in [-0.4, -0.2) is 16.3 Å². The van der Waals surface area contributed by atoms with E-state index in [-0.39, 0.29) is 0 Å². The zero-order valence-electron chi connectivity index (χ0n) is 8.88. The molecule has 1 N–H and O–H groups in total. The van der Waals surface area contributed by atoms with Crippen LogP contribution in [0.15, 0.2) is 17.8 Å². The fourth-order valence-electron chi connectivity index (χ4n) is 1.88. The van der Waals surface area contributed by atoms with Gasteiger partial charge in [0.25, 0.3) is 0 Å². The van der Waals surface area contributed by atoms with Crippen LogP contribution < -0.4 is 5.32 Å². The molecule has 1 heterocycles. The van der Waals surface area contributed by atoms with Crippen LogP contribution in [-0.2, 0) is 7.05 Å². The molecule has 0 unspecified atom stereocenters. The van der Waals surface area contributed by atoms with Crippen LogP contribution in [0, 0.1) is 6.92 Å². The molecule has 3 heteroatoms. The summed E-state index contributed by atoms with van der Waals surface area (Å²) in [5.41, 5.74) is 3.76. The third-order valence-electron chi connectivity index (χ3n) is 2.65. The second kappa shape index (κ2) is 3.86. The number of rotatable bonds is 3. The first-order valence-corrected chi connectivity index (χ1v) is 5.18. The average molecular weight is 191 g/mol. The standard InChI is InChI=1S/C11H17N3/c1-9-11(8-14(2)13-9)12-7-10-5-3-4-6-10/h5,8,12H,3-4,6-7H2,1-2H3. The van der Waals surface area contributed by atoms with E-state index in [0.29, 0.717) is 0 Å². The highest BCUT2D eigenvalue weighted by Crippen LogP contribution is 2.19. The van der Waals surface area contributed by atoms with Crippen molar-refractivity contribution in [2.24, 2.45) is 7.05 Å². The Labute approximate surface area is 84.8 Å². The first-order valence-electron chi connectivity index (χ1n) is 5.18. The van der Waals surface area contributed by atoms with E-state index in [1.165, 1.54) is 24.8 Å². The van der Waals surface area contributed by atoms with E-state index in [4.69, 9.17) is 0 Å². The topological polar surface area (TPSA) is 29.9 Å². The van der Waals surface area contributed by atoms with Gasteiger partial charge in [0, 0.05) is 19.8 Å². The molecule has 0 bridgehead atoms. The van der Waals surface area contributed by atoms with Gasteiger partial charge in [0.15, 0.2) is 0 Å². The van der Waals surface area contributed by atoms with Crippen molar-refractivity contribution in [3.05, 3.63) is 23.5 Å². The summed E-state index contributed by atoms with van der Waals surface area (Å²) in [7, 11) is 1.95. The summed E-state index contributed by atoms with van der Waals surface area (Å²) in [5.74, 6) is 0. The molecule has 0 saturated carbocycles. The van der Waals surface area contributed by atoms with Gasteiger partial charge < -0.3 is 5.32 Å². The second-order valence-corrected chi connectivity index (χ2v) is 3.91. The van der Waals surface area contributed by atoms with E-state index in [2.05, 4.69) is 16.5 Å². The Hall–Kier alpha value is -1.25. The van der Waals surface area contributed by atoms with Gasteiger partial charge in [0.1, 0.15) is 0 Å². The van der Waals surface area contributed by atoms with E-state index in [0.717, 1.165) is 17.9 Å². The molecule has 2 rings (SSSR count). The number of allylic oxidation sites excluding steroid dienone is 1. The Morgan fingerprint density at radius 3 is 3.00 bits per heavy atom. The summed E-state index contributed by atoms with van der Waals surface area (Å²) in [6.45, 7) is 3.01. The van der Waals surface area contributed by atoms with Crippen molar-refractivity contribution < 1.29 is 0 Å². The quantitative estimate of drug-likeness (QED) is 0.743. The molecular formula is C11H17N3. The lowest BCUT2D eigenvalue weighted by Crippen LogP contribution is -2.03. The fourth-order valence-corrected chi connectivity index (χ4v) is 1.88. The Morgan fingerprint density at radius 2 is 2.43 bits per heavy atom. The molecule has 0 aromatic carbocycles. The largest absolute Gasteiger partial charge is 0.379 e. The van der Waals surface area contributed by atoms with Crippen LogP contribution in [0.3, 0.4) is 0 Å². The van der Waals surface area contributed by atoms with Crippen LogP contribution in [0.2, 0.25) is 0 Å². The molecule has 1 aromatic rings. The van der Waals surface area contributed by atoms with E-state index in [9.17, 15) is 0 Å². The predicted molar refractivity (Wildman–Crippen MR) is 58.4 cm³/mol. The maximum absolute atomic E-state index is 4.29. The van der Waals surface area contributed by atoms with Gasteiger partial charge in [-0.15, -0.1) is 0 Å². The molecule has 14 heavy (non-hydrogen) atoms. The number of nitrogens with zero attached hydrogens (tertiary/aromatic N) is 2. The molecule has 0 spiro atoms. The van der Waals surface area contributed by atoms with Crippen molar-refractivity contribution in [2.75, 3.05) is 11.9 Å². The summed E-state index contributed by atoms with van der Waals surface area (Å²) in [5, 5.41) is 7.72. The number of hydrogen-bond donors (Lipinski definition) is 1. The van der Waals surface area contributed by atoms with Gasteiger partial charge >= 0.3 is 0 Å². The fraction of sp³-hybridized carbons (Fsp3) is 0.545. The predicted octanol–water partition coefficient (Wildman–Crippen LogP) is 2.25. The van der Waals surface area contributed by atoms with Gasteiger partial charge in [-0.3, -0.25) is 4.68 Å². The van der Waals surface area contributed by atoms with Crippen LogP contribution in [0.5, 0.6) is 0 Å². The number of nitrogens with one attached hydrogen (secondary N) is 1.